The Hall–Kier alpha value is -2.69. The molecule has 152 valence electrons. The fourth-order valence-corrected chi connectivity index (χ4v) is 3.98. The van der Waals surface area contributed by atoms with E-state index in [1.165, 1.54) is 31.5 Å². The molecule has 4 heteroatoms. The number of benzene rings is 3. The fourth-order valence-electron chi connectivity index (χ4n) is 3.71. The highest BCUT2D eigenvalue weighted by atomic mass is 79.9. The Morgan fingerprint density at radius 2 is 1.57 bits per heavy atom. The van der Waals surface area contributed by atoms with Crippen molar-refractivity contribution in [3.63, 3.8) is 0 Å². The number of hydrogen-bond acceptors (Lipinski definition) is 2. The number of halogens is 1. The first-order valence-electron chi connectivity index (χ1n) is 10.3. The van der Waals surface area contributed by atoms with E-state index >= 15 is 0 Å². The maximum Gasteiger partial charge on any atom is 0.256 e. The largest absolute Gasteiger partial charge is 0.322 e. The summed E-state index contributed by atoms with van der Waals surface area (Å²) in [4.78, 5) is 15.6. The molecule has 0 spiro atoms. The van der Waals surface area contributed by atoms with Gasteiger partial charge in [0.25, 0.3) is 5.91 Å². The van der Waals surface area contributed by atoms with Crippen molar-refractivity contribution >= 4 is 39.2 Å². The molecule has 4 rings (SSSR count). The highest BCUT2D eigenvalue weighted by Gasteiger charge is 2.14. The normalized spacial score (nSPS) is 14.6. The smallest absolute Gasteiger partial charge is 0.256 e. The van der Waals surface area contributed by atoms with E-state index in [9.17, 15) is 4.79 Å². The number of anilines is 1. The molecule has 3 aromatic rings. The second kappa shape index (κ2) is 9.88. The number of carbonyl (C=O) groups is 1. The highest BCUT2D eigenvalue weighted by molar-refractivity contribution is 9.10. The van der Waals surface area contributed by atoms with Gasteiger partial charge in [-0.15, -0.1) is 0 Å². The van der Waals surface area contributed by atoms with Crippen molar-refractivity contribution < 1.29 is 4.79 Å². The molecule has 1 aliphatic rings. The van der Waals surface area contributed by atoms with Crippen molar-refractivity contribution in [2.24, 2.45) is 0 Å². The van der Waals surface area contributed by atoms with Gasteiger partial charge in [0.2, 0.25) is 0 Å². The fraction of sp³-hybridized carbons (Fsp3) is 0.192. The van der Waals surface area contributed by atoms with E-state index in [4.69, 9.17) is 0 Å². The summed E-state index contributed by atoms with van der Waals surface area (Å²) in [6.45, 7) is 3.38. The zero-order valence-corrected chi connectivity index (χ0v) is 18.4. The number of carbonyl (C=O) groups excluding carboxylic acids is 1. The molecule has 30 heavy (non-hydrogen) atoms. The minimum absolute atomic E-state index is 0.121. The Morgan fingerprint density at radius 3 is 2.23 bits per heavy atom. The lowest BCUT2D eigenvalue weighted by Crippen LogP contribution is -2.18. The zero-order chi connectivity index (χ0) is 20.8. The summed E-state index contributed by atoms with van der Waals surface area (Å²) in [6.07, 6.45) is 4.56. The molecule has 1 aliphatic heterocycles. The summed E-state index contributed by atoms with van der Waals surface area (Å²) < 4.78 is 0.980. The van der Waals surface area contributed by atoms with Crippen molar-refractivity contribution in [3.8, 4) is 0 Å². The predicted octanol–water partition coefficient (Wildman–Crippen LogP) is 6.22. The van der Waals surface area contributed by atoms with Crippen molar-refractivity contribution in [2.75, 3.05) is 18.4 Å². The summed E-state index contributed by atoms with van der Waals surface area (Å²) >= 11 is 3.43. The first-order valence-corrected chi connectivity index (χ1v) is 11.1. The van der Waals surface area contributed by atoms with Gasteiger partial charge < -0.3 is 5.32 Å². The minimum Gasteiger partial charge on any atom is -0.322 e. The highest BCUT2D eigenvalue weighted by Crippen LogP contribution is 2.22. The van der Waals surface area contributed by atoms with E-state index in [0.29, 0.717) is 5.57 Å². The van der Waals surface area contributed by atoms with Gasteiger partial charge >= 0.3 is 0 Å². The average molecular weight is 461 g/mol. The topological polar surface area (TPSA) is 32.3 Å². The molecule has 1 saturated heterocycles. The van der Waals surface area contributed by atoms with Crippen LogP contribution in [0.15, 0.2) is 83.3 Å². The van der Waals surface area contributed by atoms with Crippen LogP contribution in [0.4, 0.5) is 5.69 Å². The van der Waals surface area contributed by atoms with Crippen LogP contribution in [-0.4, -0.2) is 23.9 Å². The quantitative estimate of drug-likeness (QED) is 0.349. The molecule has 1 N–H and O–H groups in total. The number of likely N-dealkylation sites (tertiary alicyclic amines) is 1. The maximum absolute atomic E-state index is 13.1. The Kier molecular flexibility index (Phi) is 6.77. The number of hydrogen-bond donors (Lipinski definition) is 1. The molecule has 0 saturated carbocycles. The van der Waals surface area contributed by atoms with Crippen LogP contribution in [0, 0.1) is 0 Å². The minimum atomic E-state index is -0.121. The van der Waals surface area contributed by atoms with Crippen LogP contribution >= 0.6 is 15.9 Å². The average Bonchev–Trinajstić information content (AvgIpc) is 3.28. The van der Waals surface area contributed by atoms with Crippen LogP contribution in [0.25, 0.3) is 11.6 Å². The lowest BCUT2D eigenvalue weighted by molar-refractivity contribution is -0.111. The van der Waals surface area contributed by atoms with Crippen LogP contribution in [0.3, 0.4) is 0 Å². The van der Waals surface area contributed by atoms with E-state index in [1.54, 1.807) is 0 Å². The van der Waals surface area contributed by atoms with Gasteiger partial charge in [-0.25, -0.2) is 0 Å². The SMILES string of the molecule is O=C(Nc1ccc(Br)cc1)C(=Cc1ccc(CN2CCCC2)cc1)c1ccccc1. The summed E-state index contributed by atoms with van der Waals surface area (Å²) in [5.74, 6) is -0.121. The van der Waals surface area contributed by atoms with Crippen molar-refractivity contribution in [1.82, 2.24) is 4.90 Å². The molecular weight excluding hydrogens is 436 g/mol. The molecule has 0 unspecified atom stereocenters. The number of rotatable bonds is 6. The molecule has 3 aromatic carbocycles. The lowest BCUT2D eigenvalue weighted by Gasteiger charge is -2.14. The monoisotopic (exact) mass is 460 g/mol. The second-order valence-electron chi connectivity index (χ2n) is 7.61. The van der Waals surface area contributed by atoms with Gasteiger partial charge in [0.15, 0.2) is 0 Å². The van der Waals surface area contributed by atoms with Crippen LogP contribution in [-0.2, 0) is 11.3 Å². The van der Waals surface area contributed by atoms with Gasteiger partial charge in [0.05, 0.1) is 0 Å². The molecule has 0 radical (unpaired) electrons. The molecule has 0 bridgehead atoms. The third kappa shape index (κ3) is 5.47. The van der Waals surface area contributed by atoms with Gasteiger partial charge in [-0.3, -0.25) is 9.69 Å². The van der Waals surface area contributed by atoms with Crippen molar-refractivity contribution in [1.29, 1.82) is 0 Å². The van der Waals surface area contributed by atoms with Crippen LogP contribution in [0.5, 0.6) is 0 Å². The molecule has 0 aliphatic carbocycles. The van der Waals surface area contributed by atoms with E-state index < -0.39 is 0 Å². The number of amides is 1. The Labute approximate surface area is 186 Å². The van der Waals surface area contributed by atoms with Gasteiger partial charge in [0.1, 0.15) is 0 Å². The molecule has 1 fully saturated rings. The molecular formula is C26H25BrN2O. The van der Waals surface area contributed by atoms with Gasteiger partial charge in [-0.05, 0) is 73.0 Å². The molecule has 3 nitrogen and oxygen atoms in total. The number of nitrogens with one attached hydrogen (secondary N) is 1. The van der Waals surface area contributed by atoms with E-state index in [0.717, 1.165) is 27.8 Å². The first kappa shape index (κ1) is 20.6. The standard InChI is InChI=1S/C26H25BrN2O/c27-23-12-14-24(15-13-23)28-26(30)25(22-6-2-1-3-7-22)18-20-8-10-21(11-9-20)19-29-16-4-5-17-29/h1-3,6-15,18H,4-5,16-17,19H2,(H,28,30). The third-order valence-electron chi connectivity index (χ3n) is 5.33. The Balaban J connectivity index is 1.56. The van der Waals surface area contributed by atoms with Crippen molar-refractivity contribution in [2.45, 2.75) is 19.4 Å². The van der Waals surface area contributed by atoms with Crippen LogP contribution in [0.1, 0.15) is 29.5 Å². The van der Waals surface area contributed by atoms with Gasteiger partial charge in [0, 0.05) is 22.3 Å². The summed E-state index contributed by atoms with van der Waals surface area (Å²) in [6, 6.07) is 25.9. The molecule has 1 amide bonds. The molecule has 0 aromatic heterocycles. The summed E-state index contributed by atoms with van der Waals surface area (Å²) in [5.41, 5.74) is 4.64. The Morgan fingerprint density at radius 1 is 0.900 bits per heavy atom. The van der Waals surface area contributed by atoms with E-state index in [2.05, 4.69) is 50.4 Å². The van der Waals surface area contributed by atoms with Crippen molar-refractivity contribution in [3.05, 3.63) is 100 Å². The molecule has 0 atom stereocenters. The second-order valence-corrected chi connectivity index (χ2v) is 8.53. The zero-order valence-electron chi connectivity index (χ0n) is 16.9. The van der Waals surface area contributed by atoms with Gasteiger partial charge in [-0.1, -0.05) is 70.5 Å². The summed E-state index contributed by atoms with van der Waals surface area (Å²) in [7, 11) is 0. The van der Waals surface area contributed by atoms with Gasteiger partial charge in [-0.2, -0.15) is 0 Å². The maximum atomic E-state index is 13.1. The molecule has 1 heterocycles. The Bertz CT molecular complexity index is 1010. The first-order chi connectivity index (χ1) is 14.7. The van der Waals surface area contributed by atoms with E-state index in [1.807, 2.05) is 60.7 Å². The van der Waals surface area contributed by atoms with Crippen LogP contribution in [0.2, 0.25) is 0 Å². The lowest BCUT2D eigenvalue weighted by atomic mass is 10.0. The third-order valence-corrected chi connectivity index (χ3v) is 5.86. The predicted molar refractivity (Wildman–Crippen MR) is 128 cm³/mol. The van der Waals surface area contributed by atoms with Crippen LogP contribution < -0.4 is 5.32 Å². The van der Waals surface area contributed by atoms with E-state index in [-0.39, 0.29) is 5.91 Å². The number of nitrogens with zero attached hydrogens (tertiary/aromatic N) is 1. The summed E-state index contributed by atoms with van der Waals surface area (Å²) in [5, 5.41) is 3.01.